The molecule has 1 aromatic heterocycles. The lowest BCUT2D eigenvalue weighted by atomic mass is 10.1. The van der Waals surface area contributed by atoms with Crippen molar-refractivity contribution >= 4 is 0 Å². The molecule has 0 aliphatic heterocycles. The Labute approximate surface area is 105 Å². The van der Waals surface area contributed by atoms with Gasteiger partial charge in [-0.3, -0.25) is 0 Å². The van der Waals surface area contributed by atoms with E-state index in [0.717, 1.165) is 30.1 Å². The number of nitrogens with two attached hydrogens (primary N) is 1. The highest BCUT2D eigenvalue weighted by molar-refractivity contribution is 5.57. The first-order valence-electron chi connectivity index (χ1n) is 5.98. The summed E-state index contributed by atoms with van der Waals surface area (Å²) in [6, 6.07) is 10.00. The Bertz CT molecular complexity index is 601. The van der Waals surface area contributed by atoms with Crippen LogP contribution in [0, 0.1) is 11.3 Å². The van der Waals surface area contributed by atoms with Crippen LogP contribution in [0.1, 0.15) is 30.3 Å². The van der Waals surface area contributed by atoms with Gasteiger partial charge in [0.25, 0.3) is 0 Å². The molecule has 0 amide bonds. The van der Waals surface area contributed by atoms with E-state index in [2.05, 4.69) is 20.8 Å². The Morgan fingerprint density at radius 2 is 2.00 bits per heavy atom. The molecule has 0 saturated heterocycles. The highest BCUT2D eigenvalue weighted by Crippen LogP contribution is 2.38. The Morgan fingerprint density at radius 1 is 1.28 bits per heavy atom. The zero-order chi connectivity index (χ0) is 12.5. The maximum atomic E-state index is 8.79. The van der Waals surface area contributed by atoms with E-state index in [9.17, 15) is 0 Å². The predicted octanol–water partition coefficient (Wildman–Crippen LogP) is 1.61. The third-order valence-electron chi connectivity index (χ3n) is 3.13. The molecule has 18 heavy (non-hydrogen) atoms. The number of nitriles is 1. The average Bonchev–Trinajstić information content (AvgIpc) is 3.18. The van der Waals surface area contributed by atoms with Gasteiger partial charge in [-0.25, -0.2) is 0 Å². The number of nitrogens with zero attached hydrogens (tertiary/aromatic N) is 4. The van der Waals surface area contributed by atoms with Gasteiger partial charge in [0.1, 0.15) is 5.82 Å². The molecule has 0 radical (unpaired) electrons. The van der Waals surface area contributed by atoms with Gasteiger partial charge in [0, 0.05) is 11.6 Å². The fourth-order valence-electron chi connectivity index (χ4n) is 2.07. The molecule has 3 rings (SSSR count). The van der Waals surface area contributed by atoms with Gasteiger partial charge >= 0.3 is 0 Å². The van der Waals surface area contributed by atoms with Crippen molar-refractivity contribution in [1.29, 1.82) is 5.26 Å². The molecule has 0 unspecified atom stereocenters. The Morgan fingerprint density at radius 3 is 2.56 bits per heavy atom. The van der Waals surface area contributed by atoms with Crippen molar-refractivity contribution in [2.24, 2.45) is 5.73 Å². The largest absolute Gasteiger partial charge is 0.324 e. The van der Waals surface area contributed by atoms with Crippen molar-refractivity contribution in [3.63, 3.8) is 0 Å². The summed E-state index contributed by atoms with van der Waals surface area (Å²) in [5, 5.41) is 17.2. The first-order chi connectivity index (χ1) is 8.83. The second-order valence-electron chi connectivity index (χ2n) is 4.43. The molecule has 0 bridgehead atoms. The monoisotopic (exact) mass is 239 g/mol. The van der Waals surface area contributed by atoms with Crippen LogP contribution in [0.25, 0.3) is 11.4 Å². The summed E-state index contributed by atoms with van der Waals surface area (Å²) in [7, 11) is 0. The first-order valence-corrected chi connectivity index (χ1v) is 5.98. The van der Waals surface area contributed by atoms with Gasteiger partial charge in [0.15, 0.2) is 5.82 Å². The second kappa shape index (κ2) is 4.24. The summed E-state index contributed by atoms with van der Waals surface area (Å²) in [4.78, 5) is 0. The predicted molar refractivity (Wildman–Crippen MR) is 66.3 cm³/mol. The minimum atomic E-state index is 0.403. The van der Waals surface area contributed by atoms with Crippen molar-refractivity contribution in [1.82, 2.24) is 14.8 Å². The third kappa shape index (κ3) is 1.77. The van der Waals surface area contributed by atoms with E-state index >= 15 is 0 Å². The number of rotatable bonds is 3. The summed E-state index contributed by atoms with van der Waals surface area (Å²) < 4.78 is 2.13. The summed E-state index contributed by atoms with van der Waals surface area (Å²) in [6.45, 7) is 0.403. The van der Waals surface area contributed by atoms with E-state index in [1.54, 1.807) is 12.1 Å². The molecule has 5 heteroatoms. The Kier molecular flexibility index (Phi) is 2.58. The molecule has 1 saturated carbocycles. The Balaban J connectivity index is 2.05. The van der Waals surface area contributed by atoms with Crippen LogP contribution >= 0.6 is 0 Å². The van der Waals surface area contributed by atoms with E-state index in [4.69, 9.17) is 11.0 Å². The minimum Gasteiger partial charge on any atom is -0.324 e. The van der Waals surface area contributed by atoms with Crippen LogP contribution in [0.3, 0.4) is 0 Å². The van der Waals surface area contributed by atoms with Crippen LogP contribution in [0.15, 0.2) is 24.3 Å². The number of benzene rings is 1. The summed E-state index contributed by atoms with van der Waals surface area (Å²) in [6.07, 6.45) is 2.32. The highest BCUT2D eigenvalue weighted by atomic mass is 15.3. The van der Waals surface area contributed by atoms with E-state index in [1.165, 1.54) is 0 Å². The first kappa shape index (κ1) is 10.9. The van der Waals surface area contributed by atoms with E-state index in [-0.39, 0.29) is 0 Å². The zero-order valence-electron chi connectivity index (χ0n) is 9.87. The quantitative estimate of drug-likeness (QED) is 0.882. The van der Waals surface area contributed by atoms with Crippen LogP contribution < -0.4 is 5.73 Å². The van der Waals surface area contributed by atoms with Gasteiger partial charge in [0.05, 0.1) is 18.2 Å². The zero-order valence-corrected chi connectivity index (χ0v) is 9.87. The summed E-state index contributed by atoms with van der Waals surface area (Å²) in [5.41, 5.74) is 7.32. The van der Waals surface area contributed by atoms with Crippen LogP contribution in [-0.4, -0.2) is 14.8 Å². The molecule has 1 heterocycles. The second-order valence-corrected chi connectivity index (χ2v) is 4.43. The molecule has 1 aliphatic carbocycles. The van der Waals surface area contributed by atoms with Crippen molar-refractivity contribution in [3.8, 4) is 17.5 Å². The van der Waals surface area contributed by atoms with Gasteiger partial charge < -0.3 is 10.3 Å². The van der Waals surface area contributed by atoms with Crippen LogP contribution in [0.5, 0.6) is 0 Å². The summed E-state index contributed by atoms with van der Waals surface area (Å²) >= 11 is 0. The van der Waals surface area contributed by atoms with E-state index < -0.39 is 0 Å². The van der Waals surface area contributed by atoms with Crippen molar-refractivity contribution in [2.45, 2.75) is 25.4 Å². The molecule has 2 N–H and O–H groups in total. The molecule has 5 nitrogen and oxygen atoms in total. The van der Waals surface area contributed by atoms with Gasteiger partial charge in [-0.2, -0.15) is 5.26 Å². The number of hydrogen-bond acceptors (Lipinski definition) is 4. The lowest BCUT2D eigenvalue weighted by Gasteiger charge is -2.07. The standard InChI is InChI=1S/C13H13N5/c14-7-9-1-3-10(4-2-9)13-17-16-12(8-15)18(13)11-5-6-11/h1-4,11H,5-6,8,15H2. The minimum absolute atomic E-state index is 0.403. The topological polar surface area (TPSA) is 80.5 Å². The third-order valence-corrected chi connectivity index (χ3v) is 3.13. The molecule has 1 fully saturated rings. The maximum absolute atomic E-state index is 8.79. The fourth-order valence-corrected chi connectivity index (χ4v) is 2.07. The lowest BCUT2D eigenvalue weighted by molar-refractivity contribution is 0.688. The molecule has 90 valence electrons. The molecule has 0 spiro atoms. The van der Waals surface area contributed by atoms with Crippen molar-refractivity contribution in [2.75, 3.05) is 0 Å². The van der Waals surface area contributed by atoms with E-state index in [0.29, 0.717) is 18.2 Å². The average molecular weight is 239 g/mol. The number of hydrogen-bond donors (Lipinski definition) is 1. The molecule has 1 aliphatic rings. The normalized spacial score (nSPS) is 14.4. The van der Waals surface area contributed by atoms with Gasteiger partial charge in [0.2, 0.25) is 0 Å². The molecular weight excluding hydrogens is 226 g/mol. The van der Waals surface area contributed by atoms with Crippen molar-refractivity contribution in [3.05, 3.63) is 35.7 Å². The van der Waals surface area contributed by atoms with E-state index in [1.807, 2.05) is 12.1 Å². The molecular formula is C13H13N5. The van der Waals surface area contributed by atoms with Crippen LogP contribution in [0.2, 0.25) is 0 Å². The Hall–Kier alpha value is -2.19. The maximum Gasteiger partial charge on any atom is 0.164 e. The van der Waals surface area contributed by atoms with Crippen LogP contribution in [-0.2, 0) is 6.54 Å². The van der Waals surface area contributed by atoms with Gasteiger partial charge in [-0.15, -0.1) is 10.2 Å². The summed E-state index contributed by atoms with van der Waals surface area (Å²) in [5.74, 6) is 1.68. The lowest BCUT2D eigenvalue weighted by Crippen LogP contribution is -2.08. The molecule has 0 atom stereocenters. The fraction of sp³-hybridized carbons (Fsp3) is 0.308. The highest BCUT2D eigenvalue weighted by Gasteiger charge is 2.29. The van der Waals surface area contributed by atoms with Gasteiger partial charge in [-0.05, 0) is 37.1 Å². The number of aromatic nitrogens is 3. The van der Waals surface area contributed by atoms with Crippen LogP contribution in [0.4, 0.5) is 0 Å². The van der Waals surface area contributed by atoms with Crippen molar-refractivity contribution < 1.29 is 0 Å². The molecule has 1 aromatic carbocycles. The molecule has 2 aromatic rings. The smallest absolute Gasteiger partial charge is 0.164 e. The SMILES string of the molecule is N#Cc1ccc(-c2nnc(CN)n2C2CC2)cc1. The van der Waals surface area contributed by atoms with Gasteiger partial charge in [-0.1, -0.05) is 0 Å².